The molecular formula is C25H20FN5OS2. The van der Waals surface area contributed by atoms with Gasteiger partial charge in [-0.2, -0.15) is 0 Å². The fourth-order valence-electron chi connectivity index (χ4n) is 4.39. The number of aromatic nitrogens is 5. The molecule has 0 radical (unpaired) electrons. The van der Waals surface area contributed by atoms with Crippen LogP contribution in [0.1, 0.15) is 28.2 Å². The molecule has 0 unspecified atom stereocenters. The summed E-state index contributed by atoms with van der Waals surface area (Å²) < 4.78 is 16.5. The molecule has 0 bridgehead atoms. The average molecular weight is 490 g/mol. The van der Waals surface area contributed by atoms with Crippen molar-refractivity contribution in [3.05, 3.63) is 92.6 Å². The Kier molecular flexibility index (Phi) is 5.50. The summed E-state index contributed by atoms with van der Waals surface area (Å²) in [5, 5.41) is 10.1. The van der Waals surface area contributed by atoms with Gasteiger partial charge in [0.25, 0.3) is 5.56 Å². The molecule has 0 atom stereocenters. The third-order valence-electron chi connectivity index (χ3n) is 5.98. The zero-order chi connectivity index (χ0) is 23.1. The van der Waals surface area contributed by atoms with Crippen LogP contribution in [0.2, 0.25) is 0 Å². The predicted molar refractivity (Wildman–Crippen MR) is 133 cm³/mol. The average Bonchev–Trinajstić information content (AvgIpc) is 3.54. The van der Waals surface area contributed by atoms with Gasteiger partial charge in [-0.25, -0.2) is 9.37 Å². The maximum Gasteiger partial charge on any atom is 0.259 e. The Morgan fingerprint density at radius 1 is 1.06 bits per heavy atom. The van der Waals surface area contributed by atoms with Gasteiger partial charge in [-0.1, -0.05) is 54.2 Å². The summed E-state index contributed by atoms with van der Waals surface area (Å²) in [5.74, 6) is 1.15. The lowest BCUT2D eigenvalue weighted by atomic mass is 10.2. The summed E-state index contributed by atoms with van der Waals surface area (Å²) in [6.07, 6.45) is 3.09. The lowest BCUT2D eigenvalue weighted by Gasteiger charge is -2.11. The first-order chi connectivity index (χ1) is 16.7. The summed E-state index contributed by atoms with van der Waals surface area (Å²) in [6, 6.07) is 16.5. The number of thiophene rings is 1. The number of H-pyrrole nitrogens is 1. The molecule has 5 aromatic rings. The fourth-order valence-corrected chi connectivity index (χ4v) is 6.48. The molecule has 2 aromatic carbocycles. The second-order valence-corrected chi connectivity index (χ2v) is 10.2. The number of fused-ring (bicyclic) bond motifs is 3. The van der Waals surface area contributed by atoms with Gasteiger partial charge in [0.05, 0.1) is 23.2 Å². The largest absolute Gasteiger partial charge is 0.309 e. The highest BCUT2D eigenvalue weighted by Crippen LogP contribution is 2.35. The smallest absolute Gasteiger partial charge is 0.259 e. The Hall–Kier alpha value is -3.30. The van der Waals surface area contributed by atoms with Crippen molar-refractivity contribution in [2.75, 3.05) is 0 Å². The Morgan fingerprint density at radius 3 is 2.74 bits per heavy atom. The zero-order valence-corrected chi connectivity index (χ0v) is 19.8. The van der Waals surface area contributed by atoms with E-state index in [-0.39, 0.29) is 11.4 Å². The van der Waals surface area contributed by atoms with Crippen molar-refractivity contribution in [1.29, 1.82) is 0 Å². The van der Waals surface area contributed by atoms with Crippen molar-refractivity contribution in [3.63, 3.8) is 0 Å². The molecule has 3 aromatic heterocycles. The highest BCUT2D eigenvalue weighted by molar-refractivity contribution is 7.98. The van der Waals surface area contributed by atoms with Gasteiger partial charge in [-0.15, -0.1) is 21.5 Å². The monoisotopic (exact) mass is 489 g/mol. The van der Waals surface area contributed by atoms with Crippen LogP contribution in [0.5, 0.6) is 0 Å². The van der Waals surface area contributed by atoms with Crippen molar-refractivity contribution in [3.8, 4) is 11.4 Å². The van der Waals surface area contributed by atoms with E-state index in [9.17, 15) is 9.18 Å². The molecule has 1 N–H and O–H groups in total. The number of nitrogens with zero attached hydrogens (tertiary/aromatic N) is 4. The number of aryl methyl sites for hydroxylation is 2. The Balaban J connectivity index is 1.34. The normalized spacial score (nSPS) is 13.0. The van der Waals surface area contributed by atoms with E-state index < -0.39 is 0 Å². The molecule has 0 aliphatic heterocycles. The van der Waals surface area contributed by atoms with Crippen LogP contribution in [0.15, 0.2) is 64.5 Å². The molecule has 0 fully saturated rings. The highest BCUT2D eigenvalue weighted by atomic mass is 32.2. The highest BCUT2D eigenvalue weighted by Gasteiger charge is 2.22. The molecule has 6 rings (SSSR count). The Bertz CT molecular complexity index is 1560. The number of nitrogens with one attached hydrogen (secondary N) is 1. The van der Waals surface area contributed by atoms with Gasteiger partial charge in [0, 0.05) is 4.88 Å². The molecule has 0 saturated heterocycles. The second kappa shape index (κ2) is 8.81. The van der Waals surface area contributed by atoms with Crippen LogP contribution in [0, 0.1) is 5.82 Å². The summed E-state index contributed by atoms with van der Waals surface area (Å²) in [6.45, 7) is 0.500. The molecule has 0 saturated carbocycles. The quantitative estimate of drug-likeness (QED) is 0.331. The van der Waals surface area contributed by atoms with Gasteiger partial charge >= 0.3 is 0 Å². The van der Waals surface area contributed by atoms with E-state index in [2.05, 4.69) is 15.2 Å². The van der Waals surface area contributed by atoms with Crippen LogP contribution in [-0.4, -0.2) is 24.7 Å². The molecule has 6 nitrogen and oxygen atoms in total. The van der Waals surface area contributed by atoms with Crippen molar-refractivity contribution >= 4 is 33.3 Å². The van der Waals surface area contributed by atoms with Crippen molar-refractivity contribution < 1.29 is 4.39 Å². The van der Waals surface area contributed by atoms with E-state index >= 15 is 0 Å². The lowest BCUT2D eigenvalue weighted by molar-refractivity contribution is 0.626. The van der Waals surface area contributed by atoms with Gasteiger partial charge in [0.1, 0.15) is 16.5 Å². The minimum absolute atomic E-state index is 0.0715. The van der Waals surface area contributed by atoms with Crippen LogP contribution in [0.3, 0.4) is 0 Å². The van der Waals surface area contributed by atoms with E-state index in [1.165, 1.54) is 28.3 Å². The van der Waals surface area contributed by atoms with Crippen LogP contribution >= 0.6 is 23.1 Å². The topological polar surface area (TPSA) is 76.5 Å². The molecule has 34 heavy (non-hydrogen) atoms. The number of aromatic amines is 1. The molecule has 9 heteroatoms. The van der Waals surface area contributed by atoms with E-state index in [0.717, 1.165) is 35.0 Å². The van der Waals surface area contributed by atoms with E-state index in [4.69, 9.17) is 4.98 Å². The third-order valence-corrected chi connectivity index (χ3v) is 8.14. The van der Waals surface area contributed by atoms with E-state index in [1.54, 1.807) is 29.5 Å². The standard InChI is InChI=1S/C25H20FN5OS2/c26-18-11-5-4-9-16(18)22-29-30-25(31(22)13-15-7-2-1-3-8-15)33-14-20-27-23(32)21-17-10-6-12-19(17)34-24(21)28-20/h1-5,7-9,11H,6,10,12-14H2,(H,27,28,32). The van der Waals surface area contributed by atoms with E-state index in [0.29, 0.717) is 34.7 Å². The summed E-state index contributed by atoms with van der Waals surface area (Å²) in [5.41, 5.74) is 2.56. The predicted octanol–water partition coefficient (Wildman–Crippen LogP) is 5.21. The molecule has 0 amide bonds. The first-order valence-electron chi connectivity index (χ1n) is 11.1. The maximum absolute atomic E-state index is 14.6. The first kappa shape index (κ1) is 21.2. The summed E-state index contributed by atoms with van der Waals surface area (Å²) in [7, 11) is 0. The van der Waals surface area contributed by atoms with Crippen molar-refractivity contribution in [1.82, 2.24) is 24.7 Å². The minimum atomic E-state index is -0.344. The number of thioether (sulfide) groups is 1. The van der Waals surface area contributed by atoms with Crippen LogP contribution in [-0.2, 0) is 25.1 Å². The lowest BCUT2D eigenvalue weighted by Crippen LogP contribution is -2.11. The number of rotatable bonds is 6. The SMILES string of the molecule is O=c1[nH]c(CSc2nnc(-c3ccccc3F)n2Cc2ccccc2)nc2sc3c(c12)CCC3. The van der Waals surface area contributed by atoms with Gasteiger partial charge in [0.2, 0.25) is 0 Å². The van der Waals surface area contributed by atoms with Crippen LogP contribution in [0.25, 0.3) is 21.6 Å². The Morgan fingerprint density at radius 2 is 1.88 bits per heavy atom. The van der Waals surface area contributed by atoms with Crippen LogP contribution < -0.4 is 5.56 Å². The fraction of sp³-hybridized carbons (Fsp3) is 0.200. The summed E-state index contributed by atoms with van der Waals surface area (Å²) in [4.78, 5) is 22.6. The zero-order valence-electron chi connectivity index (χ0n) is 18.1. The van der Waals surface area contributed by atoms with E-state index in [1.807, 2.05) is 34.9 Å². The minimum Gasteiger partial charge on any atom is -0.309 e. The van der Waals surface area contributed by atoms with Gasteiger partial charge < -0.3 is 4.98 Å². The molecule has 170 valence electrons. The molecule has 1 aliphatic carbocycles. The Labute approximate surface area is 202 Å². The number of halogens is 1. The molecule has 1 aliphatic rings. The van der Waals surface area contributed by atoms with Crippen LogP contribution in [0.4, 0.5) is 4.39 Å². The van der Waals surface area contributed by atoms with Crippen molar-refractivity contribution in [2.45, 2.75) is 36.7 Å². The first-order valence-corrected chi connectivity index (χ1v) is 12.9. The second-order valence-electron chi connectivity index (χ2n) is 8.20. The molecule has 0 spiro atoms. The molecular weight excluding hydrogens is 469 g/mol. The van der Waals surface area contributed by atoms with Crippen molar-refractivity contribution in [2.24, 2.45) is 0 Å². The summed E-state index contributed by atoms with van der Waals surface area (Å²) >= 11 is 3.06. The maximum atomic E-state index is 14.6. The number of hydrogen-bond acceptors (Lipinski definition) is 6. The van der Waals surface area contributed by atoms with Gasteiger partial charge in [0.15, 0.2) is 11.0 Å². The number of hydrogen-bond donors (Lipinski definition) is 1. The number of benzene rings is 2. The van der Waals surface area contributed by atoms with Gasteiger partial charge in [-0.3, -0.25) is 9.36 Å². The third kappa shape index (κ3) is 3.84. The molecule has 3 heterocycles. The van der Waals surface area contributed by atoms with Gasteiger partial charge in [-0.05, 0) is 42.5 Å².